The van der Waals surface area contributed by atoms with Gasteiger partial charge in [0.05, 0.1) is 11.3 Å². The van der Waals surface area contributed by atoms with Gasteiger partial charge in [-0.05, 0) is 12.1 Å². The Bertz CT molecular complexity index is 542. The topological polar surface area (TPSA) is 86.7 Å². The van der Waals surface area contributed by atoms with E-state index in [1.54, 1.807) is 0 Å². The van der Waals surface area contributed by atoms with E-state index in [1.807, 2.05) is 4.72 Å². The van der Waals surface area contributed by atoms with Gasteiger partial charge in [-0.15, -0.1) is 0 Å². The molecule has 0 heterocycles. The van der Waals surface area contributed by atoms with Crippen LogP contribution in [0.2, 0.25) is 0 Å². The van der Waals surface area contributed by atoms with Gasteiger partial charge in [0.2, 0.25) is 0 Å². The van der Waals surface area contributed by atoms with Crippen LogP contribution in [-0.2, 0) is 10.2 Å². The minimum absolute atomic E-state index is 0.449. The van der Waals surface area contributed by atoms with Gasteiger partial charge in [0, 0.05) is 14.1 Å². The summed E-state index contributed by atoms with van der Waals surface area (Å²) in [6.45, 7) is 0. The number of aromatic carboxylic acids is 1. The van der Waals surface area contributed by atoms with Crippen molar-refractivity contribution in [3.63, 3.8) is 0 Å². The number of carboxylic acids is 1. The van der Waals surface area contributed by atoms with Gasteiger partial charge in [0.25, 0.3) is 0 Å². The Morgan fingerprint density at radius 2 is 2.00 bits per heavy atom. The lowest BCUT2D eigenvalue weighted by molar-refractivity contribution is 0.0697. The number of hydrogen-bond acceptors (Lipinski definition) is 3. The van der Waals surface area contributed by atoms with Crippen LogP contribution >= 0.6 is 0 Å². The lowest BCUT2D eigenvalue weighted by Gasteiger charge is -2.15. The molecule has 0 saturated carbocycles. The molecule has 6 nitrogen and oxygen atoms in total. The van der Waals surface area contributed by atoms with E-state index in [-0.39, 0.29) is 0 Å². The number of rotatable bonds is 4. The second-order valence-electron chi connectivity index (χ2n) is 3.36. The molecule has 0 aliphatic heterocycles. The molecule has 0 spiro atoms. The monoisotopic (exact) mass is 262 g/mol. The summed E-state index contributed by atoms with van der Waals surface area (Å²) in [5.74, 6) is -2.36. The molecule has 0 atom stereocenters. The van der Waals surface area contributed by atoms with E-state index >= 15 is 0 Å². The molecule has 0 amide bonds. The van der Waals surface area contributed by atoms with Crippen LogP contribution in [0, 0.1) is 5.82 Å². The quantitative estimate of drug-likeness (QED) is 0.838. The number of carbonyl (C=O) groups is 1. The van der Waals surface area contributed by atoms with E-state index < -0.39 is 33.2 Å². The summed E-state index contributed by atoms with van der Waals surface area (Å²) >= 11 is 0. The number of benzene rings is 1. The Labute approximate surface area is 97.9 Å². The minimum atomic E-state index is -3.95. The maximum Gasteiger partial charge on any atom is 0.337 e. The Hall–Kier alpha value is -1.67. The van der Waals surface area contributed by atoms with E-state index in [0.717, 1.165) is 16.4 Å². The van der Waals surface area contributed by atoms with Crippen LogP contribution in [0.4, 0.5) is 10.1 Å². The van der Waals surface area contributed by atoms with Gasteiger partial charge in [-0.25, -0.2) is 9.18 Å². The third kappa shape index (κ3) is 2.92. The number of carboxylic acid groups (broad SMARTS) is 1. The first-order valence-electron chi connectivity index (χ1n) is 4.48. The fourth-order valence-electron chi connectivity index (χ4n) is 1.03. The van der Waals surface area contributed by atoms with Crippen LogP contribution in [0.25, 0.3) is 0 Å². The van der Waals surface area contributed by atoms with Gasteiger partial charge in [-0.1, -0.05) is 6.07 Å². The first-order valence-corrected chi connectivity index (χ1v) is 5.92. The summed E-state index contributed by atoms with van der Waals surface area (Å²) in [6, 6.07) is 3.27. The predicted molar refractivity (Wildman–Crippen MR) is 59.6 cm³/mol. The maximum atomic E-state index is 13.4. The largest absolute Gasteiger partial charge is 0.478 e. The Morgan fingerprint density at radius 3 is 2.47 bits per heavy atom. The second-order valence-corrected chi connectivity index (χ2v) is 5.24. The average Bonchev–Trinajstić information content (AvgIpc) is 2.20. The van der Waals surface area contributed by atoms with Crippen molar-refractivity contribution < 1.29 is 22.7 Å². The van der Waals surface area contributed by atoms with E-state index in [1.165, 1.54) is 20.2 Å². The first kappa shape index (κ1) is 13.4. The zero-order chi connectivity index (χ0) is 13.2. The van der Waals surface area contributed by atoms with Gasteiger partial charge < -0.3 is 5.11 Å². The van der Waals surface area contributed by atoms with Gasteiger partial charge in [0.1, 0.15) is 5.82 Å². The van der Waals surface area contributed by atoms with Crippen LogP contribution in [0.3, 0.4) is 0 Å². The van der Waals surface area contributed by atoms with Gasteiger partial charge >= 0.3 is 16.2 Å². The zero-order valence-corrected chi connectivity index (χ0v) is 9.95. The maximum absolute atomic E-state index is 13.4. The predicted octanol–water partition coefficient (Wildman–Crippen LogP) is 0.742. The fraction of sp³-hybridized carbons (Fsp3) is 0.222. The second kappa shape index (κ2) is 4.68. The summed E-state index contributed by atoms with van der Waals surface area (Å²) in [5, 5.41) is 8.81. The Morgan fingerprint density at radius 1 is 1.41 bits per heavy atom. The minimum Gasteiger partial charge on any atom is -0.478 e. The average molecular weight is 262 g/mol. The molecule has 8 heteroatoms. The van der Waals surface area contributed by atoms with Crippen molar-refractivity contribution in [3.05, 3.63) is 29.6 Å². The summed E-state index contributed by atoms with van der Waals surface area (Å²) in [7, 11) is -1.47. The van der Waals surface area contributed by atoms with Crippen LogP contribution in [-0.4, -0.2) is 37.9 Å². The molecule has 0 radical (unpaired) electrons. The highest BCUT2D eigenvalue weighted by Crippen LogP contribution is 2.21. The van der Waals surface area contributed by atoms with Crippen molar-refractivity contribution in [2.75, 3.05) is 18.8 Å². The molecular weight excluding hydrogens is 251 g/mol. The first-order chi connectivity index (χ1) is 7.75. The molecule has 0 aliphatic carbocycles. The van der Waals surface area contributed by atoms with Crippen LogP contribution in [0.15, 0.2) is 18.2 Å². The number of para-hydroxylation sites is 1. The van der Waals surface area contributed by atoms with Gasteiger partial charge in [-0.2, -0.15) is 12.7 Å². The number of halogens is 1. The Balaban J connectivity index is 3.28. The molecule has 1 aromatic carbocycles. The lowest BCUT2D eigenvalue weighted by Crippen LogP contribution is -2.30. The van der Waals surface area contributed by atoms with E-state index in [9.17, 15) is 17.6 Å². The third-order valence-electron chi connectivity index (χ3n) is 1.96. The molecule has 0 aromatic heterocycles. The number of anilines is 1. The molecule has 0 saturated heterocycles. The highest BCUT2D eigenvalue weighted by atomic mass is 32.2. The SMILES string of the molecule is CN(C)S(=O)(=O)Nc1c(F)cccc1C(=O)O. The summed E-state index contributed by atoms with van der Waals surface area (Å²) in [5.41, 5.74) is -1.02. The van der Waals surface area contributed by atoms with E-state index in [4.69, 9.17) is 5.11 Å². The molecule has 94 valence electrons. The van der Waals surface area contributed by atoms with E-state index in [2.05, 4.69) is 0 Å². The molecule has 0 bridgehead atoms. The Kier molecular flexibility index (Phi) is 3.69. The van der Waals surface area contributed by atoms with Gasteiger partial charge in [0.15, 0.2) is 0 Å². The van der Waals surface area contributed by atoms with Crippen molar-refractivity contribution in [1.29, 1.82) is 0 Å². The third-order valence-corrected chi connectivity index (χ3v) is 3.38. The van der Waals surface area contributed by atoms with Crippen molar-refractivity contribution in [1.82, 2.24) is 4.31 Å². The summed E-state index contributed by atoms with van der Waals surface area (Å²) in [6.07, 6.45) is 0. The lowest BCUT2D eigenvalue weighted by atomic mass is 10.2. The van der Waals surface area contributed by atoms with Crippen molar-refractivity contribution in [2.45, 2.75) is 0 Å². The molecular formula is C9H11FN2O4S. The smallest absolute Gasteiger partial charge is 0.337 e. The summed E-state index contributed by atoms with van der Waals surface area (Å²) < 4.78 is 39.0. The normalized spacial score (nSPS) is 11.5. The standard InChI is InChI=1S/C9H11FN2O4S/c1-12(2)17(15,16)11-8-6(9(13)14)4-3-5-7(8)10/h3-5,11H,1-2H3,(H,13,14). The molecule has 0 aliphatic rings. The molecule has 1 aromatic rings. The van der Waals surface area contributed by atoms with E-state index in [0.29, 0.717) is 0 Å². The molecule has 2 N–H and O–H groups in total. The van der Waals surface area contributed by atoms with Crippen molar-refractivity contribution in [3.8, 4) is 0 Å². The zero-order valence-electron chi connectivity index (χ0n) is 9.14. The number of hydrogen-bond donors (Lipinski definition) is 2. The van der Waals surface area contributed by atoms with Crippen LogP contribution in [0.1, 0.15) is 10.4 Å². The number of nitrogens with zero attached hydrogens (tertiary/aromatic N) is 1. The fourth-order valence-corrected chi connectivity index (χ4v) is 1.67. The van der Waals surface area contributed by atoms with Crippen LogP contribution < -0.4 is 4.72 Å². The van der Waals surface area contributed by atoms with Crippen molar-refractivity contribution >= 4 is 21.9 Å². The molecule has 1 rings (SSSR count). The highest BCUT2D eigenvalue weighted by molar-refractivity contribution is 7.90. The molecule has 17 heavy (non-hydrogen) atoms. The van der Waals surface area contributed by atoms with Gasteiger partial charge in [-0.3, -0.25) is 4.72 Å². The number of nitrogens with one attached hydrogen (secondary N) is 1. The molecule has 0 fully saturated rings. The summed E-state index contributed by atoms with van der Waals surface area (Å²) in [4.78, 5) is 10.8. The molecule has 0 unspecified atom stereocenters. The van der Waals surface area contributed by atoms with Crippen LogP contribution in [0.5, 0.6) is 0 Å². The highest BCUT2D eigenvalue weighted by Gasteiger charge is 2.21. The van der Waals surface area contributed by atoms with Crippen molar-refractivity contribution in [2.24, 2.45) is 0 Å².